The second kappa shape index (κ2) is 20.6. The first kappa shape index (κ1) is 46.2. The molecule has 0 radical (unpaired) electrons. The van der Waals surface area contributed by atoms with E-state index in [1.54, 1.807) is 12.7 Å². The molecule has 0 saturated carbocycles. The molecule has 4 aliphatic rings. The van der Waals surface area contributed by atoms with Gasteiger partial charge in [0.25, 0.3) is 0 Å². The first-order valence-electron chi connectivity index (χ1n) is 19.8. The maximum Gasteiger partial charge on any atom is 0.211 e. The molecule has 0 amide bonds. The molecule has 318 valence electrons. The molecule has 15 heteroatoms. The predicted octanol–water partition coefficient (Wildman–Crippen LogP) is 6.78. The fraction of sp³-hybridized carbons (Fsp3) is 0.455. The molecule has 0 aliphatic carbocycles. The quantitative estimate of drug-likeness (QED) is 0.145. The van der Waals surface area contributed by atoms with Gasteiger partial charge in [-0.1, -0.05) is 97.4 Å². The Hall–Kier alpha value is -3.89. The number of hydrogen-bond donors (Lipinski definition) is 0. The van der Waals surface area contributed by atoms with Crippen LogP contribution in [-0.4, -0.2) is 106 Å². The summed E-state index contributed by atoms with van der Waals surface area (Å²) in [7, 11) is -6.11. The summed E-state index contributed by atoms with van der Waals surface area (Å²) in [5.74, 6) is 0. The number of aromatic nitrogens is 4. The van der Waals surface area contributed by atoms with Gasteiger partial charge in [-0.3, -0.25) is 9.80 Å². The summed E-state index contributed by atoms with van der Waals surface area (Å²) in [6, 6.07) is 21.9. The monoisotopic (exact) mass is 862 g/mol. The molecule has 0 saturated heterocycles. The van der Waals surface area contributed by atoms with Gasteiger partial charge < -0.3 is 0 Å². The van der Waals surface area contributed by atoms with Crippen molar-refractivity contribution in [3.63, 3.8) is 0 Å². The smallest absolute Gasteiger partial charge is 0.211 e. The van der Waals surface area contributed by atoms with E-state index < -0.39 is 20.0 Å². The molecule has 59 heavy (non-hydrogen) atoms. The van der Waals surface area contributed by atoms with E-state index in [9.17, 15) is 16.8 Å². The molecule has 12 nitrogen and oxygen atoms in total. The van der Waals surface area contributed by atoms with Crippen LogP contribution in [0.5, 0.6) is 0 Å². The van der Waals surface area contributed by atoms with Crippen molar-refractivity contribution in [2.45, 2.75) is 92.1 Å². The average Bonchev–Trinajstić information content (AvgIpc) is 3.19. The minimum atomic E-state index is -3.15. The lowest BCUT2D eigenvalue weighted by atomic mass is 9.93. The first-order chi connectivity index (χ1) is 27.7. The number of hydrogen-bond acceptors (Lipinski definition) is 10. The highest BCUT2D eigenvalue weighted by Gasteiger charge is 2.29. The van der Waals surface area contributed by atoms with Crippen LogP contribution in [0.3, 0.4) is 0 Å². The van der Waals surface area contributed by atoms with Crippen LogP contribution in [0, 0.1) is 0 Å². The van der Waals surface area contributed by atoms with Crippen molar-refractivity contribution in [1.82, 2.24) is 38.3 Å². The molecular formula is C44H59ClN8O4S2. The van der Waals surface area contributed by atoms with Crippen molar-refractivity contribution in [3.05, 3.63) is 136 Å². The maximum atomic E-state index is 11.8. The molecule has 0 N–H and O–H groups in total. The van der Waals surface area contributed by atoms with Crippen LogP contribution in [0.2, 0.25) is 5.15 Å². The van der Waals surface area contributed by atoms with E-state index in [1.165, 1.54) is 43.4 Å². The van der Waals surface area contributed by atoms with Gasteiger partial charge in [-0.25, -0.2) is 36.8 Å². The van der Waals surface area contributed by atoms with Gasteiger partial charge in [0.1, 0.15) is 17.8 Å². The van der Waals surface area contributed by atoms with E-state index >= 15 is 0 Å². The van der Waals surface area contributed by atoms with Gasteiger partial charge in [0.15, 0.2) is 0 Å². The summed E-state index contributed by atoms with van der Waals surface area (Å²) in [6.45, 7) is 12.1. The van der Waals surface area contributed by atoms with E-state index in [-0.39, 0.29) is 7.43 Å². The van der Waals surface area contributed by atoms with Crippen LogP contribution in [-0.2, 0) is 59.1 Å². The summed E-state index contributed by atoms with van der Waals surface area (Å²) in [5, 5.41) is 0.593. The van der Waals surface area contributed by atoms with E-state index in [1.807, 2.05) is 31.2 Å². The molecule has 2 aromatic heterocycles. The maximum absolute atomic E-state index is 11.8. The van der Waals surface area contributed by atoms with Crippen molar-refractivity contribution >= 4 is 37.2 Å². The molecule has 0 bridgehead atoms. The molecule has 2 aromatic carbocycles. The van der Waals surface area contributed by atoms with Gasteiger partial charge in [-0.05, 0) is 50.3 Å². The molecule has 4 aliphatic heterocycles. The normalized spacial score (nSPS) is 20.2. The molecule has 8 rings (SSSR count). The van der Waals surface area contributed by atoms with Gasteiger partial charge in [0, 0.05) is 88.4 Å². The molecular weight excluding hydrogens is 804 g/mol. The molecule has 0 spiro atoms. The van der Waals surface area contributed by atoms with Gasteiger partial charge in [0.05, 0.1) is 29.6 Å². The number of sulfonamides is 2. The highest BCUT2D eigenvalue weighted by Crippen LogP contribution is 2.31. The largest absolute Gasteiger partial charge is 0.292 e. The zero-order valence-electron chi connectivity index (χ0n) is 34.1. The van der Waals surface area contributed by atoms with E-state index in [4.69, 9.17) is 11.6 Å². The van der Waals surface area contributed by atoms with E-state index in [2.05, 4.69) is 92.1 Å². The van der Waals surface area contributed by atoms with E-state index in [0.717, 1.165) is 73.7 Å². The predicted molar refractivity (Wildman–Crippen MR) is 237 cm³/mol. The van der Waals surface area contributed by atoms with Crippen molar-refractivity contribution in [2.24, 2.45) is 0 Å². The number of halogens is 1. The lowest BCUT2D eigenvalue weighted by Crippen LogP contribution is -2.39. The SMILES string of the molecule is C.CC1=CCN(S(C)(=O)=O)CC1.CC1Cc2ncnc(C3=CCN(S(C)(=O)=O)CC3)c2CN1Cc1ccccc1.CC1Cc2ncnc(Cl)c2CN1Cc1ccccc1. The van der Waals surface area contributed by atoms with Gasteiger partial charge in [-0.15, -0.1) is 0 Å². The standard InChI is InChI=1S/C21H26N4O2S.C15H16ClN3.C7H13NO2S.CH4/c1-16-12-20-19(14-24(16)13-17-6-4-3-5-7-17)21(23-15-22-20)18-8-10-25(11-9-18)28(2,26)27;1-11-7-14-13(15(16)18-10-17-14)9-19(11)8-12-5-3-2-4-6-12;1-7-3-5-8(6-4-7)11(2,9)10;/h3-8,15-16H,9-14H2,1-2H3;2-6,10-11H,7-9H2,1H3;3H,4-6H2,1-2H3;1H4. The topological polar surface area (TPSA) is 133 Å². The summed E-state index contributed by atoms with van der Waals surface area (Å²) in [5.41, 5.74) is 10.5. The molecule has 2 atom stereocenters. The Kier molecular flexibility index (Phi) is 16.1. The van der Waals surface area contributed by atoms with Crippen LogP contribution in [0.4, 0.5) is 0 Å². The third-order valence-corrected chi connectivity index (χ3v) is 14.1. The Bertz CT molecular complexity index is 2310. The highest BCUT2D eigenvalue weighted by atomic mass is 35.5. The zero-order valence-corrected chi connectivity index (χ0v) is 36.5. The molecule has 0 fully saturated rings. The summed E-state index contributed by atoms with van der Waals surface area (Å²) < 4.78 is 48.5. The van der Waals surface area contributed by atoms with Crippen LogP contribution in [0.1, 0.15) is 80.4 Å². The number of fused-ring (bicyclic) bond motifs is 2. The van der Waals surface area contributed by atoms with Crippen molar-refractivity contribution in [1.29, 1.82) is 0 Å². The third kappa shape index (κ3) is 12.6. The Morgan fingerprint density at radius 1 is 0.661 bits per heavy atom. The van der Waals surface area contributed by atoms with E-state index in [0.29, 0.717) is 49.8 Å². The Balaban J connectivity index is 0.000000184. The minimum Gasteiger partial charge on any atom is -0.292 e. The molecule has 6 heterocycles. The van der Waals surface area contributed by atoms with Crippen molar-refractivity contribution in [3.8, 4) is 0 Å². The zero-order chi connectivity index (χ0) is 41.5. The minimum absolute atomic E-state index is 0. The number of rotatable bonds is 7. The van der Waals surface area contributed by atoms with Crippen LogP contribution in [0.15, 0.2) is 91.0 Å². The van der Waals surface area contributed by atoms with Crippen LogP contribution < -0.4 is 0 Å². The second-order valence-corrected chi connectivity index (χ2v) is 20.0. The summed E-state index contributed by atoms with van der Waals surface area (Å²) in [4.78, 5) is 22.5. The number of benzene rings is 2. The van der Waals surface area contributed by atoms with Crippen LogP contribution >= 0.6 is 11.6 Å². The fourth-order valence-electron chi connectivity index (χ4n) is 7.64. The van der Waals surface area contributed by atoms with Gasteiger partial charge >= 0.3 is 0 Å². The Morgan fingerprint density at radius 2 is 1.14 bits per heavy atom. The second-order valence-electron chi connectivity index (χ2n) is 15.6. The Morgan fingerprint density at radius 3 is 1.61 bits per heavy atom. The lowest BCUT2D eigenvalue weighted by molar-refractivity contribution is 0.172. The lowest BCUT2D eigenvalue weighted by Gasteiger charge is -2.35. The first-order valence-corrected chi connectivity index (χ1v) is 23.9. The third-order valence-electron chi connectivity index (χ3n) is 11.2. The van der Waals surface area contributed by atoms with Crippen molar-refractivity contribution in [2.75, 3.05) is 38.7 Å². The fourth-order valence-corrected chi connectivity index (χ4v) is 9.39. The molecule has 2 unspecified atom stereocenters. The summed E-state index contributed by atoms with van der Waals surface area (Å²) in [6.07, 6.45) is 13.1. The van der Waals surface area contributed by atoms with Crippen molar-refractivity contribution < 1.29 is 16.8 Å². The summed E-state index contributed by atoms with van der Waals surface area (Å²) >= 11 is 6.18. The van der Waals surface area contributed by atoms with Gasteiger partial charge in [0.2, 0.25) is 20.0 Å². The Labute approximate surface area is 357 Å². The average molecular weight is 864 g/mol. The highest BCUT2D eigenvalue weighted by molar-refractivity contribution is 7.88. The molecule has 4 aromatic rings. The van der Waals surface area contributed by atoms with Crippen LogP contribution in [0.25, 0.3) is 5.57 Å². The number of nitrogens with zero attached hydrogens (tertiary/aromatic N) is 8. The van der Waals surface area contributed by atoms with Gasteiger partial charge in [-0.2, -0.15) is 8.61 Å².